The van der Waals surface area contributed by atoms with Crippen molar-refractivity contribution < 1.29 is 18.7 Å². The number of hydrogen-bond acceptors (Lipinski definition) is 5. The summed E-state index contributed by atoms with van der Waals surface area (Å²) in [6, 6.07) is 18.9. The SMILES string of the molecule is CCOc1cc(C2c3c(oc4ccc(Cl)cc4c3=O)C(=O)N2c2ccccc2)ccc1OCCC(C)C. The molecule has 7 heteroatoms. The van der Waals surface area contributed by atoms with Crippen LogP contribution in [0.1, 0.15) is 54.9 Å². The van der Waals surface area contributed by atoms with E-state index in [9.17, 15) is 9.59 Å². The van der Waals surface area contributed by atoms with Gasteiger partial charge in [0.2, 0.25) is 5.76 Å². The molecular formula is C30H28ClNO5. The van der Waals surface area contributed by atoms with Crippen molar-refractivity contribution in [3.63, 3.8) is 0 Å². The van der Waals surface area contributed by atoms with Crippen LogP contribution in [0, 0.1) is 5.92 Å². The molecular weight excluding hydrogens is 490 g/mol. The fourth-order valence-electron chi connectivity index (χ4n) is 4.60. The third-order valence-corrected chi connectivity index (χ3v) is 6.64. The Morgan fingerprint density at radius 3 is 2.49 bits per heavy atom. The fraction of sp³-hybridized carbons (Fsp3) is 0.267. The fourth-order valence-corrected chi connectivity index (χ4v) is 4.77. The van der Waals surface area contributed by atoms with Gasteiger partial charge in [-0.05, 0) is 67.3 Å². The van der Waals surface area contributed by atoms with Crippen molar-refractivity contribution in [1.29, 1.82) is 0 Å². The van der Waals surface area contributed by atoms with Crippen LogP contribution in [0.25, 0.3) is 11.0 Å². The lowest BCUT2D eigenvalue weighted by Gasteiger charge is -2.26. The first-order valence-corrected chi connectivity index (χ1v) is 12.8. The lowest BCUT2D eigenvalue weighted by atomic mass is 9.97. The number of benzene rings is 3. The minimum absolute atomic E-state index is 0.0314. The first-order valence-electron chi connectivity index (χ1n) is 12.4. The van der Waals surface area contributed by atoms with Crippen LogP contribution in [-0.4, -0.2) is 19.1 Å². The maximum absolute atomic E-state index is 13.8. The van der Waals surface area contributed by atoms with Crippen LogP contribution in [0.4, 0.5) is 5.69 Å². The van der Waals surface area contributed by atoms with Crippen molar-refractivity contribution in [2.45, 2.75) is 33.2 Å². The Balaban J connectivity index is 1.68. The number of para-hydroxylation sites is 1. The molecule has 0 radical (unpaired) electrons. The van der Waals surface area contributed by atoms with Gasteiger partial charge in [0, 0.05) is 10.7 Å². The van der Waals surface area contributed by atoms with E-state index in [-0.39, 0.29) is 22.7 Å². The Morgan fingerprint density at radius 2 is 1.76 bits per heavy atom. The predicted molar refractivity (Wildman–Crippen MR) is 145 cm³/mol. The van der Waals surface area contributed by atoms with Crippen LogP contribution in [0.2, 0.25) is 5.02 Å². The van der Waals surface area contributed by atoms with Crippen molar-refractivity contribution in [1.82, 2.24) is 0 Å². The first kappa shape index (κ1) is 24.9. The Bertz CT molecular complexity index is 1510. The summed E-state index contributed by atoms with van der Waals surface area (Å²) in [5.74, 6) is 1.35. The van der Waals surface area contributed by atoms with Crippen LogP contribution in [0.3, 0.4) is 0 Å². The molecule has 37 heavy (non-hydrogen) atoms. The molecule has 0 saturated carbocycles. The molecule has 3 aromatic carbocycles. The van der Waals surface area contributed by atoms with Crippen LogP contribution in [0.15, 0.2) is 75.9 Å². The van der Waals surface area contributed by atoms with E-state index in [2.05, 4.69) is 13.8 Å². The zero-order valence-corrected chi connectivity index (χ0v) is 21.7. The number of hydrogen-bond donors (Lipinski definition) is 0. The molecule has 6 nitrogen and oxygen atoms in total. The molecule has 0 fully saturated rings. The van der Waals surface area contributed by atoms with E-state index in [0.717, 1.165) is 6.42 Å². The smallest absolute Gasteiger partial charge is 0.295 e. The highest BCUT2D eigenvalue weighted by molar-refractivity contribution is 6.31. The van der Waals surface area contributed by atoms with Crippen LogP contribution in [-0.2, 0) is 0 Å². The molecule has 1 atom stereocenters. The van der Waals surface area contributed by atoms with Gasteiger partial charge in [-0.2, -0.15) is 0 Å². The lowest BCUT2D eigenvalue weighted by Crippen LogP contribution is -2.29. The molecule has 0 spiro atoms. The van der Waals surface area contributed by atoms with Crippen LogP contribution in [0.5, 0.6) is 11.5 Å². The molecule has 4 aromatic rings. The number of anilines is 1. The molecule has 1 aromatic heterocycles. The highest BCUT2D eigenvalue weighted by Gasteiger charge is 2.44. The maximum Gasteiger partial charge on any atom is 0.295 e. The Morgan fingerprint density at radius 1 is 0.973 bits per heavy atom. The molecule has 1 unspecified atom stereocenters. The van der Waals surface area contributed by atoms with E-state index in [1.165, 1.54) is 0 Å². The molecule has 0 bridgehead atoms. The Kier molecular flexibility index (Phi) is 6.94. The van der Waals surface area contributed by atoms with Gasteiger partial charge in [0.1, 0.15) is 5.58 Å². The number of fused-ring (bicyclic) bond motifs is 2. The van der Waals surface area contributed by atoms with Gasteiger partial charge in [0.25, 0.3) is 5.91 Å². The first-order chi connectivity index (χ1) is 17.9. The van der Waals surface area contributed by atoms with Crippen LogP contribution < -0.4 is 19.8 Å². The Labute approximate surface area is 220 Å². The number of ether oxygens (including phenoxy) is 2. The third kappa shape index (κ3) is 4.69. The zero-order chi connectivity index (χ0) is 26.1. The summed E-state index contributed by atoms with van der Waals surface area (Å²) in [7, 11) is 0. The molecule has 0 saturated heterocycles. The van der Waals surface area contributed by atoms with Crippen LogP contribution >= 0.6 is 11.6 Å². The number of carbonyl (C=O) groups is 1. The van der Waals surface area contributed by atoms with Crippen molar-refractivity contribution in [2.75, 3.05) is 18.1 Å². The van der Waals surface area contributed by atoms with Gasteiger partial charge in [-0.25, -0.2) is 0 Å². The molecule has 1 aliphatic rings. The van der Waals surface area contributed by atoms with Gasteiger partial charge in [-0.15, -0.1) is 0 Å². The molecule has 0 aliphatic carbocycles. The van der Waals surface area contributed by atoms with Crippen molar-refractivity contribution in [2.24, 2.45) is 5.92 Å². The average Bonchev–Trinajstić information content (AvgIpc) is 3.18. The summed E-state index contributed by atoms with van der Waals surface area (Å²) in [6.07, 6.45) is 0.913. The lowest BCUT2D eigenvalue weighted by molar-refractivity contribution is 0.0971. The number of amides is 1. The number of nitrogens with zero attached hydrogens (tertiary/aromatic N) is 1. The third-order valence-electron chi connectivity index (χ3n) is 6.40. The molecule has 190 valence electrons. The van der Waals surface area contributed by atoms with E-state index in [0.29, 0.717) is 57.9 Å². The highest BCUT2D eigenvalue weighted by atomic mass is 35.5. The predicted octanol–water partition coefficient (Wildman–Crippen LogP) is 7.02. The minimum atomic E-state index is -0.714. The van der Waals surface area contributed by atoms with Gasteiger partial charge in [-0.1, -0.05) is 49.7 Å². The highest BCUT2D eigenvalue weighted by Crippen LogP contribution is 2.43. The second-order valence-corrected chi connectivity index (χ2v) is 9.83. The van der Waals surface area contributed by atoms with E-state index < -0.39 is 6.04 Å². The number of carbonyl (C=O) groups excluding carboxylic acids is 1. The summed E-state index contributed by atoms with van der Waals surface area (Å²) < 4.78 is 18.0. The van der Waals surface area contributed by atoms with Crippen molar-refractivity contribution in [3.8, 4) is 11.5 Å². The molecule has 0 N–H and O–H groups in total. The van der Waals surface area contributed by atoms with Crippen molar-refractivity contribution in [3.05, 3.63) is 98.9 Å². The normalized spacial score (nSPS) is 14.9. The minimum Gasteiger partial charge on any atom is -0.490 e. The second-order valence-electron chi connectivity index (χ2n) is 9.40. The summed E-state index contributed by atoms with van der Waals surface area (Å²) in [5.41, 5.74) is 1.68. The van der Waals surface area contributed by atoms with Gasteiger partial charge < -0.3 is 13.9 Å². The second kappa shape index (κ2) is 10.3. The van der Waals surface area contributed by atoms with Gasteiger partial charge >= 0.3 is 0 Å². The topological polar surface area (TPSA) is 69.0 Å². The molecule has 1 aliphatic heterocycles. The van der Waals surface area contributed by atoms with E-state index in [1.54, 1.807) is 23.1 Å². The van der Waals surface area contributed by atoms with Gasteiger partial charge in [-0.3, -0.25) is 14.5 Å². The molecule has 1 amide bonds. The van der Waals surface area contributed by atoms with E-state index >= 15 is 0 Å². The summed E-state index contributed by atoms with van der Waals surface area (Å²) in [4.78, 5) is 29.1. The Hall–Kier alpha value is -3.77. The monoisotopic (exact) mass is 517 g/mol. The quantitative estimate of drug-likeness (QED) is 0.251. The summed E-state index contributed by atoms with van der Waals surface area (Å²) >= 11 is 6.19. The number of rotatable bonds is 8. The van der Waals surface area contributed by atoms with E-state index in [1.807, 2.05) is 55.5 Å². The number of halogens is 1. The summed E-state index contributed by atoms with van der Waals surface area (Å²) in [6.45, 7) is 7.20. The average molecular weight is 518 g/mol. The summed E-state index contributed by atoms with van der Waals surface area (Å²) in [5, 5.41) is 0.750. The maximum atomic E-state index is 13.8. The largest absolute Gasteiger partial charge is 0.490 e. The van der Waals surface area contributed by atoms with Gasteiger partial charge in [0.15, 0.2) is 16.9 Å². The molecule has 2 heterocycles. The van der Waals surface area contributed by atoms with Crippen molar-refractivity contribution >= 4 is 34.2 Å². The van der Waals surface area contributed by atoms with Gasteiger partial charge in [0.05, 0.1) is 30.2 Å². The standard InChI is InChI=1S/C30H28ClNO5/c1-4-35-25-16-19(10-12-24(25)36-15-14-18(2)3)27-26-28(33)22-17-20(31)11-13-23(22)37-29(26)30(34)32(27)21-8-6-5-7-9-21/h5-13,16-18,27H,4,14-15H2,1-3H3. The van der Waals surface area contributed by atoms with E-state index in [4.69, 9.17) is 25.5 Å². The zero-order valence-electron chi connectivity index (χ0n) is 21.0. The molecule has 5 rings (SSSR count).